The number of ether oxygens (including phenoxy) is 1. The zero-order valence-corrected chi connectivity index (χ0v) is 19.8. The molecule has 29 heavy (non-hydrogen) atoms. The summed E-state index contributed by atoms with van der Waals surface area (Å²) in [5.41, 5.74) is 2.30. The van der Waals surface area contributed by atoms with Gasteiger partial charge in [0.05, 0.1) is 11.8 Å². The fraction of sp³-hybridized carbons (Fsp3) is 0.364. The molecule has 0 saturated heterocycles. The maximum Gasteiger partial charge on any atom is 0.269 e. The van der Waals surface area contributed by atoms with Crippen LogP contribution in [0.1, 0.15) is 43.9 Å². The number of carbonyl (C=O) groups is 1. The number of fused-ring (bicyclic) bond motifs is 1. The molecule has 0 spiro atoms. The number of rotatable bonds is 5. The van der Waals surface area contributed by atoms with Crippen LogP contribution in [-0.2, 0) is 9.53 Å². The van der Waals surface area contributed by atoms with Crippen molar-refractivity contribution in [1.82, 2.24) is 0 Å². The first-order valence-corrected chi connectivity index (χ1v) is 11.2. The molecule has 1 amide bonds. The molecule has 0 radical (unpaired) electrons. The molecule has 2 unspecified atom stereocenters. The van der Waals surface area contributed by atoms with Gasteiger partial charge < -0.3 is 9.64 Å². The predicted molar refractivity (Wildman–Crippen MR) is 125 cm³/mol. The molecule has 152 valence electrons. The van der Waals surface area contributed by atoms with E-state index < -0.39 is 9.71 Å². The van der Waals surface area contributed by atoms with Gasteiger partial charge in [0.1, 0.15) is 6.10 Å². The van der Waals surface area contributed by atoms with Crippen molar-refractivity contribution in [3.8, 4) is 6.07 Å². The number of carbonyl (C=O) groups excluding carboxylic acids is 1. The second-order valence-electron chi connectivity index (χ2n) is 7.42. The molecule has 2 atom stereocenters. The van der Waals surface area contributed by atoms with E-state index in [0.717, 1.165) is 16.8 Å². The third-order valence-electron chi connectivity index (χ3n) is 4.73. The van der Waals surface area contributed by atoms with Gasteiger partial charge in [0, 0.05) is 40.6 Å². The first kappa shape index (κ1) is 22.4. The van der Waals surface area contributed by atoms with E-state index in [-0.39, 0.29) is 24.7 Å². The Morgan fingerprint density at radius 3 is 2.62 bits per heavy atom. The van der Waals surface area contributed by atoms with E-state index in [1.807, 2.05) is 52.9 Å². The molecule has 0 bridgehead atoms. The second-order valence-corrected chi connectivity index (χ2v) is 10.0. The van der Waals surface area contributed by atoms with Gasteiger partial charge in [-0.3, -0.25) is 4.79 Å². The summed E-state index contributed by atoms with van der Waals surface area (Å²) in [6, 6.07) is 15.0. The maximum absolute atomic E-state index is 13.6. The lowest BCUT2D eigenvalue weighted by Gasteiger charge is -2.32. The van der Waals surface area contributed by atoms with Crippen molar-refractivity contribution in [3.63, 3.8) is 0 Å². The Morgan fingerprint density at radius 2 is 1.97 bits per heavy atom. The molecule has 4 nitrogen and oxygen atoms in total. The number of nitrogens with zero attached hydrogens (tertiary/aromatic N) is 2. The largest absolute Gasteiger partial charge is 0.342 e. The van der Waals surface area contributed by atoms with Crippen molar-refractivity contribution in [2.24, 2.45) is 5.92 Å². The first-order chi connectivity index (χ1) is 13.8. The lowest BCUT2D eigenvalue weighted by Crippen LogP contribution is -2.47. The van der Waals surface area contributed by atoms with Crippen molar-refractivity contribution >= 4 is 57.4 Å². The normalized spacial score (nSPS) is 21.6. The summed E-state index contributed by atoms with van der Waals surface area (Å²) in [7, 11) is 0. The Balaban J connectivity index is 2.24. The molecule has 7 heteroatoms. The number of nitriles is 1. The summed E-state index contributed by atoms with van der Waals surface area (Å²) in [6.45, 7) is 4.65. The fourth-order valence-electron chi connectivity index (χ4n) is 3.44. The van der Waals surface area contributed by atoms with E-state index >= 15 is 0 Å². The van der Waals surface area contributed by atoms with Crippen molar-refractivity contribution in [2.75, 3.05) is 11.4 Å². The topological polar surface area (TPSA) is 53.3 Å². The van der Waals surface area contributed by atoms with Crippen LogP contribution >= 0.6 is 45.8 Å². The molecule has 0 fully saturated rings. The third kappa shape index (κ3) is 4.72. The van der Waals surface area contributed by atoms with Gasteiger partial charge in [-0.1, -0.05) is 55.2 Å². The van der Waals surface area contributed by atoms with Crippen LogP contribution in [0.4, 0.5) is 5.69 Å². The van der Waals surface area contributed by atoms with Gasteiger partial charge in [-0.25, -0.2) is 0 Å². The van der Waals surface area contributed by atoms with Crippen LogP contribution in [0.5, 0.6) is 0 Å². The Morgan fingerprint density at radius 1 is 1.24 bits per heavy atom. The minimum Gasteiger partial charge on any atom is -0.342 e. The lowest BCUT2D eigenvalue weighted by atomic mass is 9.99. The van der Waals surface area contributed by atoms with Crippen molar-refractivity contribution in [3.05, 3.63) is 63.6 Å². The molecule has 0 aromatic heterocycles. The quantitative estimate of drug-likeness (QED) is 0.318. The number of benzene rings is 2. The number of hydrogen-bond acceptors (Lipinski definition) is 3. The maximum atomic E-state index is 13.6. The molecule has 0 saturated carbocycles. The molecule has 1 aliphatic heterocycles. The number of anilines is 1. The van der Waals surface area contributed by atoms with Gasteiger partial charge in [-0.05, 0) is 52.8 Å². The third-order valence-corrected chi connectivity index (χ3v) is 6.56. The van der Waals surface area contributed by atoms with Crippen LogP contribution in [0.3, 0.4) is 0 Å². The fourth-order valence-corrected chi connectivity index (χ4v) is 4.67. The summed E-state index contributed by atoms with van der Waals surface area (Å²) >= 11 is 14.9. The monoisotopic (exact) mass is 542 g/mol. The molecule has 2 aromatic rings. The Bertz CT molecular complexity index is 960. The average molecular weight is 543 g/mol. The zero-order valence-electron chi connectivity index (χ0n) is 16.2. The highest BCUT2D eigenvalue weighted by Crippen LogP contribution is 2.47. The summed E-state index contributed by atoms with van der Waals surface area (Å²) < 4.78 is 5.28. The highest BCUT2D eigenvalue weighted by Gasteiger charge is 2.46. The minimum atomic E-state index is -1.20. The molecule has 1 heterocycles. The van der Waals surface area contributed by atoms with E-state index in [4.69, 9.17) is 33.2 Å². The summed E-state index contributed by atoms with van der Waals surface area (Å²) in [5, 5.41) is 10.2. The number of amides is 1. The Hall–Kier alpha value is -1.33. The minimum absolute atomic E-state index is 0.167. The van der Waals surface area contributed by atoms with Crippen LogP contribution in [0.25, 0.3) is 0 Å². The zero-order chi connectivity index (χ0) is 21.2. The van der Waals surface area contributed by atoms with Crippen LogP contribution in [0, 0.1) is 17.2 Å². The van der Waals surface area contributed by atoms with E-state index in [9.17, 15) is 4.79 Å². The molecule has 2 aromatic carbocycles. The smallest absolute Gasteiger partial charge is 0.269 e. The van der Waals surface area contributed by atoms with Crippen molar-refractivity contribution in [2.45, 2.75) is 36.4 Å². The van der Waals surface area contributed by atoms with Gasteiger partial charge >= 0.3 is 0 Å². The van der Waals surface area contributed by atoms with E-state index in [0.29, 0.717) is 16.6 Å². The van der Waals surface area contributed by atoms with Crippen LogP contribution in [0.15, 0.2) is 42.5 Å². The standard InChI is InChI=1S/C22H21Cl2IN2O2/c1-14(2)13-27-19-9-8-15(23)12-17(19)20(16-6-3-4-7-18(16)24)29-22(25,21(27)28)10-5-11-26/h3-4,6-9,12,14,20H,5,10,13H2,1-2H3. The molecule has 1 aliphatic rings. The number of alkyl halides is 1. The van der Waals surface area contributed by atoms with E-state index in [1.165, 1.54) is 0 Å². The second kappa shape index (κ2) is 9.22. The summed E-state index contributed by atoms with van der Waals surface area (Å²) in [4.78, 5) is 15.4. The number of hydrogen-bond donors (Lipinski definition) is 0. The van der Waals surface area contributed by atoms with Crippen LogP contribution in [0.2, 0.25) is 10.0 Å². The lowest BCUT2D eigenvalue weighted by molar-refractivity contribution is -0.134. The Kier molecular flexibility index (Phi) is 7.10. The van der Waals surface area contributed by atoms with Gasteiger partial charge in [-0.2, -0.15) is 5.26 Å². The van der Waals surface area contributed by atoms with Gasteiger partial charge in [0.25, 0.3) is 5.91 Å². The average Bonchev–Trinajstić information content (AvgIpc) is 2.76. The van der Waals surface area contributed by atoms with E-state index in [2.05, 4.69) is 19.9 Å². The van der Waals surface area contributed by atoms with Crippen LogP contribution in [-0.4, -0.2) is 16.1 Å². The van der Waals surface area contributed by atoms with Crippen molar-refractivity contribution in [1.29, 1.82) is 5.26 Å². The van der Waals surface area contributed by atoms with Crippen LogP contribution < -0.4 is 4.90 Å². The molecule has 0 aliphatic carbocycles. The molecular formula is C22H21Cl2IN2O2. The predicted octanol–water partition coefficient (Wildman–Crippen LogP) is 6.54. The highest BCUT2D eigenvalue weighted by atomic mass is 127. The highest BCUT2D eigenvalue weighted by molar-refractivity contribution is 14.1. The van der Waals surface area contributed by atoms with E-state index in [1.54, 1.807) is 17.0 Å². The Labute approximate surface area is 194 Å². The SMILES string of the molecule is CC(C)CN1C(=O)C(I)(CCC#N)OC(c2ccccc2Cl)c2cc(Cl)ccc21. The first-order valence-electron chi connectivity index (χ1n) is 9.36. The molecule has 3 rings (SSSR count). The van der Waals surface area contributed by atoms with Gasteiger partial charge in [0.2, 0.25) is 0 Å². The molecule has 0 N–H and O–H groups in total. The summed E-state index contributed by atoms with van der Waals surface area (Å²) in [6.07, 6.45) is -0.106. The van der Waals surface area contributed by atoms with Crippen molar-refractivity contribution < 1.29 is 9.53 Å². The van der Waals surface area contributed by atoms with Gasteiger partial charge in [-0.15, -0.1) is 0 Å². The summed E-state index contributed by atoms with van der Waals surface area (Å²) in [5.74, 6) is 0.0798. The molecular weight excluding hydrogens is 522 g/mol. The van der Waals surface area contributed by atoms with Gasteiger partial charge in [0.15, 0.2) is 3.61 Å². The number of halogens is 3.